The van der Waals surface area contributed by atoms with Gasteiger partial charge < -0.3 is 29.7 Å². The SMILES string of the molecule is C=CCCC(=O)NC[C@H](C)OC(=O)[C@@H]1[C@H]2O[C@@]3(CC2Br)[C@H](C(=O)N(CC=C)c2cc(C)ccc2C)N([C@@H](CO)Cc2ccccc2)C(=O)[C@@H]13. The van der Waals surface area contributed by atoms with Gasteiger partial charge in [-0.15, -0.1) is 13.2 Å². The number of esters is 1. The Kier molecular flexibility index (Phi) is 11.5. The second-order valence-electron chi connectivity index (χ2n) is 13.3. The van der Waals surface area contributed by atoms with E-state index in [0.717, 1.165) is 16.7 Å². The Bertz CT molecular complexity index is 1580. The van der Waals surface area contributed by atoms with E-state index in [-0.39, 0.29) is 36.2 Å². The monoisotopic (exact) mass is 735 g/mol. The number of likely N-dealkylation sites (tertiary alicyclic amines) is 1. The number of aryl methyl sites for hydroxylation is 2. The van der Waals surface area contributed by atoms with Gasteiger partial charge in [0, 0.05) is 23.5 Å². The first-order valence-corrected chi connectivity index (χ1v) is 17.7. The smallest absolute Gasteiger partial charge is 0.312 e. The van der Waals surface area contributed by atoms with Crippen LogP contribution in [0.4, 0.5) is 5.69 Å². The van der Waals surface area contributed by atoms with Gasteiger partial charge in [0.1, 0.15) is 17.7 Å². The second-order valence-corrected chi connectivity index (χ2v) is 14.5. The molecule has 3 aliphatic heterocycles. The highest BCUT2D eigenvalue weighted by Crippen LogP contribution is 2.61. The highest BCUT2D eigenvalue weighted by atomic mass is 79.9. The van der Waals surface area contributed by atoms with Crippen molar-refractivity contribution in [1.82, 2.24) is 10.2 Å². The Morgan fingerprint density at radius 1 is 1.18 bits per heavy atom. The fourth-order valence-corrected chi connectivity index (χ4v) is 8.58. The largest absolute Gasteiger partial charge is 0.460 e. The van der Waals surface area contributed by atoms with Crippen molar-refractivity contribution in [3.8, 4) is 0 Å². The molecule has 8 atom stereocenters. The molecule has 3 fully saturated rings. The lowest BCUT2D eigenvalue weighted by molar-refractivity contribution is -0.159. The molecule has 1 spiro atoms. The molecule has 1 unspecified atom stereocenters. The maximum Gasteiger partial charge on any atom is 0.312 e. The molecule has 3 aliphatic rings. The van der Waals surface area contributed by atoms with Crippen molar-refractivity contribution in [2.45, 2.75) is 81.2 Å². The first kappa shape index (κ1) is 36.5. The lowest BCUT2D eigenvalue weighted by atomic mass is 9.70. The Balaban J connectivity index is 1.53. The predicted molar refractivity (Wildman–Crippen MR) is 190 cm³/mol. The highest BCUT2D eigenvalue weighted by molar-refractivity contribution is 9.09. The number of halogens is 1. The summed E-state index contributed by atoms with van der Waals surface area (Å²) in [6.07, 6.45) is 3.30. The van der Waals surface area contributed by atoms with Gasteiger partial charge in [0.2, 0.25) is 11.8 Å². The van der Waals surface area contributed by atoms with Gasteiger partial charge in [-0.2, -0.15) is 0 Å². The average molecular weight is 737 g/mol. The van der Waals surface area contributed by atoms with E-state index in [1.165, 1.54) is 4.90 Å². The summed E-state index contributed by atoms with van der Waals surface area (Å²) in [4.78, 5) is 58.8. The minimum Gasteiger partial charge on any atom is -0.460 e. The number of hydrogen-bond donors (Lipinski definition) is 2. The molecule has 0 saturated carbocycles. The summed E-state index contributed by atoms with van der Waals surface area (Å²) in [7, 11) is 0. The van der Waals surface area contributed by atoms with E-state index in [1.54, 1.807) is 24.0 Å². The summed E-state index contributed by atoms with van der Waals surface area (Å²) in [6, 6.07) is 13.4. The summed E-state index contributed by atoms with van der Waals surface area (Å²) in [5.74, 6) is -3.64. The van der Waals surface area contributed by atoms with Gasteiger partial charge >= 0.3 is 5.97 Å². The number of nitrogens with one attached hydrogen (secondary N) is 1. The zero-order valence-electron chi connectivity index (χ0n) is 28.3. The van der Waals surface area contributed by atoms with E-state index in [4.69, 9.17) is 9.47 Å². The molecule has 10 nitrogen and oxygen atoms in total. The molecule has 0 aliphatic carbocycles. The van der Waals surface area contributed by atoms with Gasteiger partial charge in [0.25, 0.3) is 5.91 Å². The van der Waals surface area contributed by atoms with Crippen LogP contribution in [-0.4, -0.2) is 88.1 Å². The summed E-state index contributed by atoms with van der Waals surface area (Å²) in [5, 5.41) is 13.6. The number of aliphatic hydroxyl groups excluding tert-OH is 1. The van der Waals surface area contributed by atoms with Crippen LogP contribution in [0.1, 0.15) is 42.9 Å². The summed E-state index contributed by atoms with van der Waals surface area (Å²) < 4.78 is 12.5. The van der Waals surface area contributed by atoms with Crippen molar-refractivity contribution >= 4 is 45.3 Å². The van der Waals surface area contributed by atoms with E-state index in [0.29, 0.717) is 24.9 Å². The van der Waals surface area contributed by atoms with Gasteiger partial charge in [0.05, 0.1) is 37.1 Å². The predicted octanol–water partition coefficient (Wildman–Crippen LogP) is 4.19. The van der Waals surface area contributed by atoms with E-state index in [1.807, 2.05) is 62.4 Å². The number of nitrogens with zero attached hydrogens (tertiary/aromatic N) is 2. The van der Waals surface area contributed by atoms with Crippen LogP contribution in [0, 0.1) is 25.7 Å². The summed E-state index contributed by atoms with van der Waals surface area (Å²) in [6.45, 7) is 13.0. The number of fused-ring (bicyclic) bond motifs is 1. The molecule has 2 aromatic carbocycles. The van der Waals surface area contributed by atoms with Gasteiger partial charge in [-0.1, -0.05) is 70.5 Å². The second kappa shape index (κ2) is 15.4. The van der Waals surface area contributed by atoms with E-state index >= 15 is 4.79 Å². The van der Waals surface area contributed by atoms with Crippen molar-refractivity contribution in [3.63, 3.8) is 0 Å². The zero-order chi connectivity index (χ0) is 35.5. The molecule has 2 bridgehead atoms. The molecule has 5 rings (SSSR count). The third-order valence-corrected chi connectivity index (χ3v) is 10.7. The number of alkyl halides is 1. The van der Waals surface area contributed by atoms with E-state index in [9.17, 15) is 19.5 Å². The number of carbonyl (C=O) groups excluding carboxylic acids is 4. The first-order valence-electron chi connectivity index (χ1n) is 16.8. The Morgan fingerprint density at radius 2 is 1.92 bits per heavy atom. The fourth-order valence-electron chi connectivity index (χ4n) is 7.64. The third-order valence-electron chi connectivity index (χ3n) is 9.86. The number of allylic oxidation sites excluding steroid dienone is 1. The quantitative estimate of drug-likeness (QED) is 0.160. The minimum atomic E-state index is -1.36. The van der Waals surface area contributed by atoms with Crippen LogP contribution in [0.3, 0.4) is 0 Å². The molecule has 3 heterocycles. The molecule has 0 aromatic heterocycles. The number of rotatable bonds is 15. The molecular weight excluding hydrogens is 690 g/mol. The molecule has 0 radical (unpaired) electrons. The zero-order valence-corrected chi connectivity index (χ0v) is 29.9. The van der Waals surface area contributed by atoms with Gasteiger partial charge in [-0.05, 0) is 62.8 Å². The lowest BCUT2D eigenvalue weighted by Crippen LogP contribution is -2.59. The maximum absolute atomic E-state index is 15.1. The van der Waals surface area contributed by atoms with Crippen LogP contribution in [-0.2, 0) is 35.1 Å². The van der Waals surface area contributed by atoms with Crippen molar-refractivity contribution in [1.29, 1.82) is 0 Å². The molecule has 11 heteroatoms. The Labute approximate surface area is 296 Å². The standard InChI is InChI=1S/C38H46BrN3O7/c1-6-8-14-30(44)40-21-25(5)48-37(47)31-32-35(45)42(27(22-43)19-26-12-10-9-11-13-26)34(38(32)20-28(39)33(31)49-38)36(46)41(17-7-2)29-18-23(3)15-16-24(29)4/h6-7,9-13,15-16,18,25,27-28,31-34,43H,1-2,8,14,17,19-22H2,3-5H3,(H,40,44)/t25-,27+,28?,31-,32+,33-,34-,38+/m0/s1. The topological polar surface area (TPSA) is 125 Å². The molecule has 262 valence electrons. The number of hydrogen-bond acceptors (Lipinski definition) is 7. The van der Waals surface area contributed by atoms with Crippen molar-refractivity contribution < 1.29 is 33.8 Å². The van der Waals surface area contributed by atoms with Crippen molar-refractivity contribution in [3.05, 3.63) is 90.5 Å². The van der Waals surface area contributed by atoms with E-state index in [2.05, 4.69) is 34.4 Å². The van der Waals surface area contributed by atoms with Crippen LogP contribution >= 0.6 is 15.9 Å². The molecular formula is C38H46BrN3O7. The molecule has 3 saturated heterocycles. The number of amides is 3. The van der Waals surface area contributed by atoms with Crippen molar-refractivity contribution in [2.75, 3.05) is 24.6 Å². The van der Waals surface area contributed by atoms with Gasteiger partial charge in [0.15, 0.2) is 0 Å². The Hall–Kier alpha value is -3.80. The average Bonchev–Trinajstić information content (AvgIpc) is 3.68. The molecule has 2 aromatic rings. The maximum atomic E-state index is 15.1. The van der Waals surface area contributed by atoms with Crippen LogP contribution in [0.2, 0.25) is 0 Å². The summed E-state index contributed by atoms with van der Waals surface area (Å²) in [5.41, 5.74) is 2.04. The lowest BCUT2D eigenvalue weighted by Gasteiger charge is -2.39. The van der Waals surface area contributed by atoms with Crippen LogP contribution in [0.25, 0.3) is 0 Å². The van der Waals surface area contributed by atoms with Crippen molar-refractivity contribution in [2.24, 2.45) is 11.8 Å². The van der Waals surface area contributed by atoms with Gasteiger partial charge in [-0.25, -0.2) is 0 Å². The molecule has 49 heavy (non-hydrogen) atoms. The number of benzene rings is 2. The molecule has 2 N–H and O–H groups in total. The summed E-state index contributed by atoms with van der Waals surface area (Å²) >= 11 is 3.72. The minimum absolute atomic E-state index is 0.102. The van der Waals surface area contributed by atoms with Crippen LogP contribution in [0.5, 0.6) is 0 Å². The fraction of sp³-hybridized carbons (Fsp3) is 0.474. The van der Waals surface area contributed by atoms with Crippen LogP contribution < -0.4 is 10.2 Å². The van der Waals surface area contributed by atoms with Gasteiger partial charge in [-0.3, -0.25) is 19.2 Å². The Morgan fingerprint density at radius 3 is 2.59 bits per heavy atom. The number of ether oxygens (including phenoxy) is 2. The normalized spacial score (nSPS) is 26.5. The number of anilines is 1. The van der Waals surface area contributed by atoms with Crippen LogP contribution in [0.15, 0.2) is 73.8 Å². The van der Waals surface area contributed by atoms with E-state index < -0.39 is 60.2 Å². The first-order chi connectivity index (χ1) is 23.5. The number of carbonyl (C=O) groups is 4. The highest BCUT2D eigenvalue weighted by Gasteiger charge is 2.77. The number of aliphatic hydroxyl groups is 1. The third kappa shape index (κ3) is 7.11. The molecule has 3 amide bonds.